The fourth-order valence-electron chi connectivity index (χ4n) is 2.45. The molecule has 1 heterocycles. The summed E-state index contributed by atoms with van der Waals surface area (Å²) in [6.45, 7) is 5.33. The van der Waals surface area contributed by atoms with Crippen LogP contribution in [0.5, 0.6) is 0 Å². The summed E-state index contributed by atoms with van der Waals surface area (Å²) in [5.41, 5.74) is 6.93. The maximum Gasteiger partial charge on any atom is 0.244 e. The molecule has 0 aliphatic carbocycles. The second kappa shape index (κ2) is 6.17. The second-order valence-corrected chi connectivity index (χ2v) is 5.11. The van der Waals surface area contributed by atoms with E-state index in [1.165, 1.54) is 0 Å². The smallest absolute Gasteiger partial charge is 0.244 e. The van der Waals surface area contributed by atoms with Gasteiger partial charge < -0.3 is 15.4 Å². The normalized spacial score (nSPS) is 25.1. The molecule has 1 aromatic rings. The molecule has 4 nitrogen and oxygen atoms in total. The van der Waals surface area contributed by atoms with Gasteiger partial charge in [0.15, 0.2) is 0 Å². The van der Waals surface area contributed by atoms with Gasteiger partial charge in [-0.3, -0.25) is 4.79 Å². The Labute approximate surface area is 114 Å². The number of rotatable bonds is 3. The standard InChI is InChI=1S/C15H22N2O2/c1-3-13-10-17(9-11(2)19-13)15(18)14(16)12-7-5-4-6-8-12/h4-8,11,13-14H,3,9-10,16H2,1-2H3/t11-,13+,14-/m0/s1. The van der Waals surface area contributed by atoms with Gasteiger partial charge in [-0.2, -0.15) is 0 Å². The van der Waals surface area contributed by atoms with Crippen LogP contribution >= 0.6 is 0 Å². The molecule has 19 heavy (non-hydrogen) atoms. The van der Waals surface area contributed by atoms with Gasteiger partial charge in [0.1, 0.15) is 6.04 Å². The number of morpholine rings is 1. The molecule has 0 radical (unpaired) electrons. The average molecular weight is 262 g/mol. The van der Waals surface area contributed by atoms with Crippen molar-refractivity contribution in [3.63, 3.8) is 0 Å². The number of ether oxygens (including phenoxy) is 1. The van der Waals surface area contributed by atoms with Gasteiger partial charge in [-0.15, -0.1) is 0 Å². The minimum Gasteiger partial charge on any atom is -0.372 e. The Kier molecular flexibility index (Phi) is 4.56. The molecule has 0 bridgehead atoms. The van der Waals surface area contributed by atoms with E-state index in [0.717, 1.165) is 12.0 Å². The van der Waals surface area contributed by atoms with Crippen LogP contribution in [0.3, 0.4) is 0 Å². The quantitative estimate of drug-likeness (QED) is 0.902. The predicted octanol–water partition coefficient (Wildman–Crippen LogP) is 1.71. The van der Waals surface area contributed by atoms with Crippen LogP contribution in [0.4, 0.5) is 0 Å². The van der Waals surface area contributed by atoms with Crippen molar-refractivity contribution >= 4 is 5.91 Å². The second-order valence-electron chi connectivity index (χ2n) is 5.11. The van der Waals surface area contributed by atoms with E-state index in [9.17, 15) is 4.79 Å². The van der Waals surface area contributed by atoms with Crippen LogP contribution in [0, 0.1) is 0 Å². The number of benzene rings is 1. The molecular weight excluding hydrogens is 240 g/mol. The average Bonchev–Trinajstić information content (AvgIpc) is 2.46. The van der Waals surface area contributed by atoms with E-state index in [2.05, 4.69) is 6.92 Å². The van der Waals surface area contributed by atoms with Gasteiger partial charge in [0.05, 0.1) is 12.2 Å². The van der Waals surface area contributed by atoms with Crippen LogP contribution in [0.15, 0.2) is 30.3 Å². The highest BCUT2D eigenvalue weighted by atomic mass is 16.5. The van der Waals surface area contributed by atoms with Crippen molar-refractivity contribution in [3.05, 3.63) is 35.9 Å². The van der Waals surface area contributed by atoms with Crippen molar-refractivity contribution in [1.82, 2.24) is 4.90 Å². The van der Waals surface area contributed by atoms with Crippen molar-refractivity contribution in [2.45, 2.75) is 38.5 Å². The molecule has 2 N–H and O–H groups in total. The lowest BCUT2D eigenvalue weighted by Crippen LogP contribution is -2.51. The van der Waals surface area contributed by atoms with E-state index < -0.39 is 6.04 Å². The molecule has 2 rings (SSSR count). The number of hydrogen-bond acceptors (Lipinski definition) is 3. The minimum absolute atomic E-state index is 0.0141. The molecule has 1 aliphatic heterocycles. The number of hydrogen-bond donors (Lipinski definition) is 1. The number of nitrogens with zero attached hydrogens (tertiary/aromatic N) is 1. The summed E-state index contributed by atoms with van der Waals surface area (Å²) < 4.78 is 5.77. The van der Waals surface area contributed by atoms with Crippen molar-refractivity contribution in [3.8, 4) is 0 Å². The molecule has 1 saturated heterocycles. The first-order chi connectivity index (χ1) is 9.11. The van der Waals surface area contributed by atoms with Crippen molar-refractivity contribution in [2.75, 3.05) is 13.1 Å². The molecule has 1 fully saturated rings. The van der Waals surface area contributed by atoms with Crippen LogP contribution in [-0.4, -0.2) is 36.1 Å². The minimum atomic E-state index is -0.580. The largest absolute Gasteiger partial charge is 0.372 e. The van der Waals surface area contributed by atoms with Crippen LogP contribution < -0.4 is 5.73 Å². The van der Waals surface area contributed by atoms with Crippen molar-refractivity contribution in [1.29, 1.82) is 0 Å². The zero-order chi connectivity index (χ0) is 13.8. The summed E-state index contributed by atoms with van der Waals surface area (Å²) in [7, 11) is 0. The fourth-order valence-corrected chi connectivity index (χ4v) is 2.45. The highest BCUT2D eigenvalue weighted by Gasteiger charge is 2.30. The number of carbonyl (C=O) groups is 1. The summed E-state index contributed by atoms with van der Waals surface area (Å²) in [6.07, 6.45) is 1.11. The first kappa shape index (κ1) is 14.0. The third kappa shape index (κ3) is 3.33. The number of carbonyl (C=O) groups excluding carboxylic acids is 1. The van der Waals surface area contributed by atoms with E-state index in [1.54, 1.807) is 0 Å². The molecule has 0 spiro atoms. The maximum absolute atomic E-state index is 12.5. The SMILES string of the molecule is CC[C@@H]1CN(C(=O)[C@@H](N)c2ccccc2)C[C@H](C)O1. The Hall–Kier alpha value is -1.39. The van der Waals surface area contributed by atoms with Crippen LogP contribution in [-0.2, 0) is 9.53 Å². The topological polar surface area (TPSA) is 55.6 Å². The summed E-state index contributed by atoms with van der Waals surface area (Å²) in [5, 5.41) is 0. The van der Waals surface area contributed by atoms with Gasteiger partial charge in [-0.05, 0) is 18.9 Å². The Morgan fingerprint density at radius 1 is 1.42 bits per heavy atom. The lowest BCUT2D eigenvalue weighted by Gasteiger charge is -2.37. The van der Waals surface area contributed by atoms with Crippen LogP contribution in [0.1, 0.15) is 31.9 Å². The molecule has 0 aromatic heterocycles. The maximum atomic E-state index is 12.5. The van der Waals surface area contributed by atoms with E-state index in [0.29, 0.717) is 13.1 Å². The Bertz CT molecular complexity index is 421. The van der Waals surface area contributed by atoms with Gasteiger partial charge in [0, 0.05) is 13.1 Å². The zero-order valence-corrected chi connectivity index (χ0v) is 11.6. The molecule has 1 amide bonds. The van der Waals surface area contributed by atoms with E-state index in [1.807, 2.05) is 42.2 Å². The predicted molar refractivity (Wildman–Crippen MR) is 74.6 cm³/mol. The lowest BCUT2D eigenvalue weighted by molar-refractivity contribution is -0.146. The molecule has 0 saturated carbocycles. The first-order valence-electron chi connectivity index (χ1n) is 6.86. The van der Waals surface area contributed by atoms with Crippen LogP contribution in [0.25, 0.3) is 0 Å². The number of amides is 1. The Morgan fingerprint density at radius 2 is 2.11 bits per heavy atom. The summed E-state index contributed by atoms with van der Waals surface area (Å²) in [5.74, 6) is -0.0141. The molecule has 104 valence electrons. The molecule has 3 atom stereocenters. The molecule has 1 aliphatic rings. The van der Waals surface area contributed by atoms with E-state index in [-0.39, 0.29) is 18.1 Å². The van der Waals surface area contributed by atoms with Gasteiger partial charge in [-0.25, -0.2) is 0 Å². The Morgan fingerprint density at radius 3 is 2.74 bits per heavy atom. The van der Waals surface area contributed by atoms with E-state index in [4.69, 9.17) is 10.5 Å². The van der Waals surface area contributed by atoms with Crippen LogP contribution in [0.2, 0.25) is 0 Å². The first-order valence-corrected chi connectivity index (χ1v) is 6.86. The van der Waals surface area contributed by atoms with E-state index >= 15 is 0 Å². The number of nitrogens with two attached hydrogens (primary N) is 1. The highest BCUT2D eigenvalue weighted by Crippen LogP contribution is 2.18. The monoisotopic (exact) mass is 262 g/mol. The molecule has 4 heteroatoms. The molecular formula is C15H22N2O2. The third-order valence-corrected chi connectivity index (χ3v) is 3.52. The van der Waals surface area contributed by atoms with Crippen molar-refractivity contribution in [2.24, 2.45) is 5.73 Å². The van der Waals surface area contributed by atoms with Gasteiger partial charge in [-0.1, -0.05) is 37.3 Å². The highest BCUT2D eigenvalue weighted by molar-refractivity contribution is 5.83. The molecule has 1 aromatic carbocycles. The zero-order valence-electron chi connectivity index (χ0n) is 11.6. The van der Waals surface area contributed by atoms with Gasteiger partial charge in [0.2, 0.25) is 5.91 Å². The summed E-state index contributed by atoms with van der Waals surface area (Å²) in [6, 6.07) is 8.93. The molecule has 0 unspecified atom stereocenters. The van der Waals surface area contributed by atoms with Crippen molar-refractivity contribution < 1.29 is 9.53 Å². The summed E-state index contributed by atoms with van der Waals surface area (Å²) in [4.78, 5) is 14.3. The van der Waals surface area contributed by atoms with Gasteiger partial charge in [0.25, 0.3) is 0 Å². The fraction of sp³-hybridized carbons (Fsp3) is 0.533. The lowest BCUT2D eigenvalue weighted by atomic mass is 10.1. The Balaban J connectivity index is 2.06. The third-order valence-electron chi connectivity index (χ3n) is 3.52. The van der Waals surface area contributed by atoms with Gasteiger partial charge >= 0.3 is 0 Å². The summed E-state index contributed by atoms with van der Waals surface area (Å²) >= 11 is 0.